The highest BCUT2D eigenvalue weighted by molar-refractivity contribution is 5.67. The van der Waals surface area contributed by atoms with Crippen molar-refractivity contribution in [2.45, 2.75) is 19.4 Å². The van der Waals surface area contributed by atoms with E-state index in [2.05, 4.69) is 9.99 Å². The van der Waals surface area contributed by atoms with Gasteiger partial charge in [0.1, 0.15) is 7.11 Å². The quantitative estimate of drug-likeness (QED) is 0.418. The molecule has 0 aliphatic heterocycles. The lowest BCUT2D eigenvalue weighted by Gasteiger charge is -2.08. The molecule has 48 valence electrons. The van der Waals surface area contributed by atoms with Crippen LogP contribution < -0.4 is 5.73 Å². The third-order valence-corrected chi connectivity index (χ3v) is 0.491. The predicted octanol–water partition coefficient (Wildman–Crippen LogP) is 0.356. The number of nitrogens with zero attached hydrogens (tertiary/aromatic N) is 1. The number of rotatable bonds is 2. The molecule has 0 bridgehead atoms. The zero-order valence-electron chi connectivity index (χ0n) is 5.51. The monoisotopic (exact) mass is 116 g/mol. The summed E-state index contributed by atoms with van der Waals surface area (Å²) in [4.78, 5) is 4.41. The highest BCUT2D eigenvalue weighted by Crippen LogP contribution is 1.89. The summed E-state index contributed by atoms with van der Waals surface area (Å²) in [5.41, 5.74) is 5.13. The highest BCUT2D eigenvalue weighted by atomic mass is 16.6. The fraction of sp³-hybridized carbons (Fsp3) is 0.800. The number of oxime groups is 1. The molecule has 0 aromatic rings. The lowest BCUT2D eigenvalue weighted by molar-refractivity contribution is 0.213. The van der Waals surface area contributed by atoms with Crippen molar-refractivity contribution >= 4 is 6.21 Å². The van der Waals surface area contributed by atoms with Crippen LogP contribution in [0.5, 0.6) is 0 Å². The van der Waals surface area contributed by atoms with Gasteiger partial charge in [-0.05, 0) is 13.8 Å². The minimum atomic E-state index is -0.365. The summed E-state index contributed by atoms with van der Waals surface area (Å²) in [7, 11) is 1.49. The van der Waals surface area contributed by atoms with Gasteiger partial charge in [-0.2, -0.15) is 0 Å². The first-order valence-electron chi connectivity index (χ1n) is 2.43. The molecule has 0 saturated heterocycles. The van der Waals surface area contributed by atoms with Crippen LogP contribution in [-0.4, -0.2) is 18.9 Å². The fourth-order valence-electron chi connectivity index (χ4n) is 0.189. The van der Waals surface area contributed by atoms with Crippen LogP contribution in [0.15, 0.2) is 5.16 Å². The van der Waals surface area contributed by atoms with Crippen molar-refractivity contribution in [3.8, 4) is 0 Å². The van der Waals surface area contributed by atoms with Crippen LogP contribution in [-0.2, 0) is 4.84 Å². The van der Waals surface area contributed by atoms with Gasteiger partial charge in [-0.25, -0.2) is 0 Å². The fourth-order valence-corrected chi connectivity index (χ4v) is 0.189. The van der Waals surface area contributed by atoms with Gasteiger partial charge < -0.3 is 10.6 Å². The lowest BCUT2D eigenvalue weighted by Crippen LogP contribution is -2.33. The minimum Gasteiger partial charge on any atom is -0.399 e. The third kappa shape index (κ3) is 5.43. The molecule has 8 heavy (non-hydrogen) atoms. The average Bonchev–Trinajstić information content (AvgIpc) is 1.59. The van der Waals surface area contributed by atoms with Gasteiger partial charge in [0.25, 0.3) is 0 Å². The van der Waals surface area contributed by atoms with Gasteiger partial charge >= 0.3 is 0 Å². The standard InChI is InChI=1S/C5H12N2O/c1-5(2,6)4-7-8-3/h4H,6H2,1-3H3/b7-4+. The molecule has 3 nitrogen and oxygen atoms in total. The summed E-state index contributed by atoms with van der Waals surface area (Å²) in [6.45, 7) is 3.69. The van der Waals surface area contributed by atoms with Gasteiger partial charge in [0.15, 0.2) is 0 Å². The molecule has 0 spiro atoms. The van der Waals surface area contributed by atoms with E-state index in [1.54, 1.807) is 6.21 Å². The van der Waals surface area contributed by atoms with Gasteiger partial charge in [-0.15, -0.1) is 0 Å². The van der Waals surface area contributed by atoms with Gasteiger partial charge in [0.05, 0.1) is 6.21 Å². The maximum Gasteiger partial charge on any atom is 0.106 e. The smallest absolute Gasteiger partial charge is 0.106 e. The van der Waals surface area contributed by atoms with Crippen molar-refractivity contribution in [3.05, 3.63) is 0 Å². The second-order valence-electron chi connectivity index (χ2n) is 2.24. The normalized spacial score (nSPS) is 12.5. The van der Waals surface area contributed by atoms with E-state index in [-0.39, 0.29) is 5.54 Å². The van der Waals surface area contributed by atoms with Crippen molar-refractivity contribution < 1.29 is 4.84 Å². The van der Waals surface area contributed by atoms with E-state index < -0.39 is 0 Å². The SMILES string of the molecule is CO/N=C/C(C)(C)N. The summed E-state index contributed by atoms with van der Waals surface area (Å²) in [5, 5.41) is 3.49. The second-order valence-corrected chi connectivity index (χ2v) is 2.24. The molecule has 0 unspecified atom stereocenters. The Morgan fingerprint density at radius 3 is 2.25 bits per heavy atom. The molecule has 0 aliphatic carbocycles. The minimum absolute atomic E-state index is 0.365. The molecular formula is C5H12N2O. The predicted molar refractivity (Wildman–Crippen MR) is 33.8 cm³/mol. The Bertz CT molecular complexity index is 82.9. The third-order valence-electron chi connectivity index (χ3n) is 0.491. The Labute approximate surface area is 49.5 Å². The Morgan fingerprint density at radius 2 is 2.12 bits per heavy atom. The molecule has 0 atom stereocenters. The van der Waals surface area contributed by atoms with Gasteiger partial charge in [0, 0.05) is 5.54 Å². The average molecular weight is 116 g/mol. The first-order chi connectivity index (χ1) is 3.56. The Kier molecular flexibility index (Phi) is 2.48. The molecule has 0 aliphatic rings. The largest absolute Gasteiger partial charge is 0.399 e. The Balaban J connectivity index is 3.52. The zero-order valence-corrected chi connectivity index (χ0v) is 5.51. The maximum atomic E-state index is 5.49. The van der Waals surface area contributed by atoms with E-state index in [4.69, 9.17) is 5.73 Å². The molecule has 0 amide bonds. The van der Waals surface area contributed by atoms with Gasteiger partial charge in [-0.1, -0.05) is 5.16 Å². The molecule has 0 rings (SSSR count). The van der Waals surface area contributed by atoms with E-state index in [1.807, 2.05) is 13.8 Å². The van der Waals surface area contributed by atoms with Crippen LogP contribution in [0.25, 0.3) is 0 Å². The van der Waals surface area contributed by atoms with Crippen LogP contribution >= 0.6 is 0 Å². The summed E-state index contributed by atoms with van der Waals surface area (Å²) in [6, 6.07) is 0. The summed E-state index contributed by atoms with van der Waals surface area (Å²) >= 11 is 0. The van der Waals surface area contributed by atoms with Crippen LogP contribution in [0.1, 0.15) is 13.8 Å². The molecule has 0 saturated carbocycles. The van der Waals surface area contributed by atoms with Crippen molar-refractivity contribution in [2.24, 2.45) is 10.9 Å². The van der Waals surface area contributed by atoms with E-state index in [9.17, 15) is 0 Å². The maximum absolute atomic E-state index is 5.49. The Hall–Kier alpha value is -0.570. The molecule has 2 N–H and O–H groups in total. The van der Waals surface area contributed by atoms with Crippen LogP contribution in [0.4, 0.5) is 0 Å². The molecule has 0 fully saturated rings. The van der Waals surface area contributed by atoms with Crippen molar-refractivity contribution in [3.63, 3.8) is 0 Å². The highest BCUT2D eigenvalue weighted by Gasteiger charge is 2.04. The zero-order chi connectivity index (χ0) is 6.62. The summed E-state index contributed by atoms with van der Waals surface area (Å²) in [5.74, 6) is 0. The topological polar surface area (TPSA) is 47.6 Å². The van der Waals surface area contributed by atoms with E-state index >= 15 is 0 Å². The van der Waals surface area contributed by atoms with Gasteiger partial charge in [0.2, 0.25) is 0 Å². The number of hydrogen-bond acceptors (Lipinski definition) is 3. The first-order valence-corrected chi connectivity index (χ1v) is 2.43. The van der Waals surface area contributed by atoms with Crippen molar-refractivity contribution in [1.29, 1.82) is 0 Å². The van der Waals surface area contributed by atoms with E-state index in [1.165, 1.54) is 7.11 Å². The summed E-state index contributed by atoms with van der Waals surface area (Å²) < 4.78 is 0. The molecule has 0 heterocycles. The number of hydrogen-bond donors (Lipinski definition) is 1. The van der Waals surface area contributed by atoms with Gasteiger partial charge in [-0.3, -0.25) is 0 Å². The van der Waals surface area contributed by atoms with Crippen LogP contribution in [0.2, 0.25) is 0 Å². The number of nitrogens with two attached hydrogens (primary N) is 1. The molecule has 0 radical (unpaired) electrons. The lowest BCUT2D eigenvalue weighted by atomic mass is 10.1. The first kappa shape index (κ1) is 7.43. The Morgan fingerprint density at radius 1 is 1.62 bits per heavy atom. The van der Waals surface area contributed by atoms with Crippen molar-refractivity contribution in [1.82, 2.24) is 0 Å². The van der Waals surface area contributed by atoms with Crippen LogP contribution in [0.3, 0.4) is 0 Å². The second kappa shape index (κ2) is 2.67. The molecular weight excluding hydrogens is 104 g/mol. The van der Waals surface area contributed by atoms with E-state index in [0.717, 1.165) is 0 Å². The molecule has 0 aromatic carbocycles. The summed E-state index contributed by atoms with van der Waals surface area (Å²) in [6.07, 6.45) is 1.55. The molecule has 0 aromatic heterocycles. The molecule has 3 heteroatoms. The van der Waals surface area contributed by atoms with E-state index in [0.29, 0.717) is 0 Å². The van der Waals surface area contributed by atoms with Crippen molar-refractivity contribution in [2.75, 3.05) is 7.11 Å². The van der Waals surface area contributed by atoms with Crippen LogP contribution in [0, 0.1) is 0 Å².